The van der Waals surface area contributed by atoms with Crippen molar-refractivity contribution in [1.29, 1.82) is 0 Å². The molecule has 1 fully saturated rings. The van der Waals surface area contributed by atoms with E-state index in [2.05, 4.69) is 11.9 Å². The van der Waals surface area contributed by atoms with Gasteiger partial charge in [-0.1, -0.05) is 41.2 Å². The van der Waals surface area contributed by atoms with Crippen LogP contribution in [-0.2, 0) is 9.59 Å². The van der Waals surface area contributed by atoms with Gasteiger partial charge in [-0.3, -0.25) is 9.59 Å². The highest BCUT2D eigenvalue weighted by Gasteiger charge is 2.25. The maximum absolute atomic E-state index is 11.2. The monoisotopic (exact) mass is 256 g/mol. The molecule has 1 unspecified atom stereocenters. The van der Waals surface area contributed by atoms with E-state index in [1.807, 2.05) is 34.6 Å². The SMILES string of the molecule is C=CC(=O)N1CCC(NC(=O)CC)C1.CC.CC. The second-order valence-electron chi connectivity index (χ2n) is 3.40. The van der Waals surface area contributed by atoms with Gasteiger partial charge in [-0.25, -0.2) is 0 Å². The highest BCUT2D eigenvalue weighted by molar-refractivity contribution is 5.87. The van der Waals surface area contributed by atoms with E-state index in [1.54, 1.807) is 4.90 Å². The minimum Gasteiger partial charge on any atom is -0.352 e. The van der Waals surface area contributed by atoms with E-state index in [9.17, 15) is 9.59 Å². The number of nitrogens with one attached hydrogen (secondary N) is 1. The van der Waals surface area contributed by atoms with Crippen molar-refractivity contribution in [3.05, 3.63) is 12.7 Å². The number of nitrogens with zero attached hydrogens (tertiary/aromatic N) is 1. The number of likely N-dealkylation sites (tertiary alicyclic amines) is 1. The topological polar surface area (TPSA) is 49.4 Å². The molecular weight excluding hydrogens is 228 g/mol. The maximum Gasteiger partial charge on any atom is 0.246 e. The molecule has 0 spiro atoms. The largest absolute Gasteiger partial charge is 0.352 e. The molecule has 1 saturated heterocycles. The predicted octanol–water partition coefficient (Wildman–Crippen LogP) is 2.35. The molecule has 1 N–H and O–H groups in total. The van der Waals surface area contributed by atoms with E-state index < -0.39 is 0 Å². The molecular formula is C14H28N2O2. The van der Waals surface area contributed by atoms with Crippen LogP contribution >= 0.6 is 0 Å². The predicted molar refractivity (Wildman–Crippen MR) is 76.3 cm³/mol. The maximum atomic E-state index is 11.2. The van der Waals surface area contributed by atoms with Crippen molar-refractivity contribution in [3.63, 3.8) is 0 Å². The first-order valence-electron chi connectivity index (χ1n) is 6.88. The van der Waals surface area contributed by atoms with Gasteiger partial charge >= 0.3 is 0 Å². The molecule has 0 aromatic rings. The van der Waals surface area contributed by atoms with Crippen LogP contribution in [-0.4, -0.2) is 35.8 Å². The summed E-state index contributed by atoms with van der Waals surface area (Å²) in [6.45, 7) is 14.6. The van der Waals surface area contributed by atoms with E-state index in [4.69, 9.17) is 0 Å². The summed E-state index contributed by atoms with van der Waals surface area (Å²) in [5, 5.41) is 2.87. The van der Waals surface area contributed by atoms with Crippen molar-refractivity contribution in [3.8, 4) is 0 Å². The Balaban J connectivity index is 0. The fraction of sp³-hybridized carbons (Fsp3) is 0.714. The fourth-order valence-corrected chi connectivity index (χ4v) is 1.54. The second kappa shape index (κ2) is 12.1. The molecule has 18 heavy (non-hydrogen) atoms. The lowest BCUT2D eigenvalue weighted by atomic mass is 10.2. The van der Waals surface area contributed by atoms with Gasteiger partial charge < -0.3 is 10.2 Å². The van der Waals surface area contributed by atoms with Crippen LogP contribution < -0.4 is 5.32 Å². The Morgan fingerprint density at radius 1 is 1.33 bits per heavy atom. The molecule has 1 aliphatic rings. The summed E-state index contributed by atoms with van der Waals surface area (Å²) in [5.74, 6) is -0.0128. The molecule has 1 aliphatic heterocycles. The van der Waals surface area contributed by atoms with Gasteiger partial charge in [0.25, 0.3) is 0 Å². The van der Waals surface area contributed by atoms with E-state index >= 15 is 0 Å². The molecule has 106 valence electrons. The number of carbonyl (C=O) groups is 2. The van der Waals surface area contributed by atoms with Crippen LogP contribution in [0.25, 0.3) is 0 Å². The van der Waals surface area contributed by atoms with Gasteiger partial charge in [0.1, 0.15) is 0 Å². The summed E-state index contributed by atoms with van der Waals surface area (Å²) >= 11 is 0. The number of rotatable bonds is 3. The number of hydrogen-bond acceptors (Lipinski definition) is 2. The average Bonchev–Trinajstić information content (AvgIpc) is 2.90. The molecule has 0 aromatic heterocycles. The number of carbonyl (C=O) groups excluding carboxylic acids is 2. The Morgan fingerprint density at radius 2 is 1.89 bits per heavy atom. The van der Waals surface area contributed by atoms with Crippen molar-refractivity contribution in [2.24, 2.45) is 0 Å². The first-order valence-corrected chi connectivity index (χ1v) is 6.88. The van der Waals surface area contributed by atoms with E-state index in [1.165, 1.54) is 6.08 Å². The summed E-state index contributed by atoms with van der Waals surface area (Å²) < 4.78 is 0. The zero-order valence-corrected chi connectivity index (χ0v) is 12.5. The lowest BCUT2D eigenvalue weighted by Gasteiger charge is -2.14. The van der Waals surface area contributed by atoms with Crippen LogP contribution in [0.1, 0.15) is 47.5 Å². The van der Waals surface area contributed by atoms with Crippen molar-refractivity contribution in [2.75, 3.05) is 13.1 Å². The average molecular weight is 256 g/mol. The summed E-state index contributed by atoms with van der Waals surface area (Å²) in [4.78, 5) is 24.0. The van der Waals surface area contributed by atoms with E-state index in [0.717, 1.165) is 6.42 Å². The minimum absolute atomic E-state index is 0.0444. The van der Waals surface area contributed by atoms with Crippen LogP contribution in [0.15, 0.2) is 12.7 Å². The molecule has 4 nitrogen and oxygen atoms in total. The van der Waals surface area contributed by atoms with Crippen molar-refractivity contribution in [2.45, 2.75) is 53.5 Å². The first-order chi connectivity index (χ1) is 8.67. The minimum atomic E-state index is -0.0572. The Morgan fingerprint density at radius 3 is 2.33 bits per heavy atom. The van der Waals surface area contributed by atoms with Crippen molar-refractivity contribution in [1.82, 2.24) is 10.2 Å². The Bertz CT molecular complexity index is 252. The Kier molecular flexibility index (Phi) is 12.8. The summed E-state index contributed by atoms with van der Waals surface area (Å²) in [5.41, 5.74) is 0. The summed E-state index contributed by atoms with van der Waals surface area (Å²) in [6.07, 6.45) is 2.64. The van der Waals surface area contributed by atoms with Gasteiger partial charge in [0, 0.05) is 25.6 Å². The highest BCUT2D eigenvalue weighted by Crippen LogP contribution is 2.09. The van der Waals surface area contributed by atoms with E-state index in [0.29, 0.717) is 19.5 Å². The van der Waals surface area contributed by atoms with Gasteiger partial charge in [-0.2, -0.15) is 0 Å². The molecule has 1 rings (SSSR count). The highest BCUT2D eigenvalue weighted by atomic mass is 16.2. The molecule has 0 bridgehead atoms. The number of hydrogen-bond donors (Lipinski definition) is 1. The van der Waals surface area contributed by atoms with Gasteiger partial charge in [-0.15, -0.1) is 0 Å². The number of amides is 2. The first kappa shape index (κ1) is 19.0. The third kappa shape index (κ3) is 7.09. The van der Waals surface area contributed by atoms with Crippen molar-refractivity contribution < 1.29 is 9.59 Å². The van der Waals surface area contributed by atoms with Gasteiger partial charge in [-0.05, 0) is 12.5 Å². The molecule has 0 aromatic carbocycles. The normalized spacial score (nSPS) is 16.7. The van der Waals surface area contributed by atoms with Crippen LogP contribution in [0, 0.1) is 0 Å². The van der Waals surface area contributed by atoms with Gasteiger partial charge in [0.15, 0.2) is 0 Å². The fourth-order valence-electron chi connectivity index (χ4n) is 1.54. The lowest BCUT2D eigenvalue weighted by Crippen LogP contribution is -2.37. The summed E-state index contributed by atoms with van der Waals surface area (Å²) in [6, 6.07) is 0.117. The molecule has 4 heteroatoms. The lowest BCUT2D eigenvalue weighted by molar-refractivity contribution is -0.125. The third-order valence-corrected chi connectivity index (χ3v) is 2.36. The Hall–Kier alpha value is -1.32. The van der Waals surface area contributed by atoms with Crippen LogP contribution in [0.2, 0.25) is 0 Å². The molecule has 2 amide bonds. The van der Waals surface area contributed by atoms with Crippen LogP contribution in [0.3, 0.4) is 0 Å². The molecule has 1 atom stereocenters. The van der Waals surface area contributed by atoms with Crippen molar-refractivity contribution >= 4 is 11.8 Å². The van der Waals surface area contributed by atoms with Gasteiger partial charge in [0.05, 0.1) is 0 Å². The second-order valence-corrected chi connectivity index (χ2v) is 3.40. The third-order valence-electron chi connectivity index (χ3n) is 2.36. The quantitative estimate of drug-likeness (QED) is 0.788. The standard InChI is InChI=1S/C10H16N2O2.2C2H6/c1-3-9(13)11-8-5-6-12(7-8)10(14)4-2;2*1-2/h4,8H,2-3,5-7H2,1H3,(H,11,13);2*1-2H3. The molecule has 0 saturated carbocycles. The smallest absolute Gasteiger partial charge is 0.246 e. The Labute approximate surface area is 111 Å². The molecule has 1 heterocycles. The van der Waals surface area contributed by atoms with E-state index in [-0.39, 0.29) is 17.9 Å². The zero-order valence-electron chi connectivity index (χ0n) is 12.5. The van der Waals surface area contributed by atoms with Crippen LogP contribution in [0.4, 0.5) is 0 Å². The van der Waals surface area contributed by atoms with Gasteiger partial charge in [0.2, 0.25) is 11.8 Å². The molecule has 0 radical (unpaired) electrons. The molecule has 0 aliphatic carbocycles. The zero-order chi connectivity index (χ0) is 14.6. The van der Waals surface area contributed by atoms with Crippen LogP contribution in [0.5, 0.6) is 0 Å². The summed E-state index contributed by atoms with van der Waals surface area (Å²) in [7, 11) is 0.